The molecule has 166 valence electrons. The number of ether oxygens (including phenoxy) is 2. The number of amides is 2. The first-order valence-corrected chi connectivity index (χ1v) is 9.85. The number of carbonyl (C=O) groups excluding carboxylic acids is 2. The molecule has 1 unspecified atom stereocenters. The molecule has 10 heteroatoms. The highest BCUT2D eigenvalue weighted by molar-refractivity contribution is 5.94. The van der Waals surface area contributed by atoms with Crippen molar-refractivity contribution in [3.05, 3.63) is 45.6 Å². The van der Waals surface area contributed by atoms with E-state index in [1.165, 1.54) is 32.8 Å². The number of hydrogen-bond acceptors (Lipinski definition) is 7. The number of nitrogens with zero attached hydrogens (tertiary/aromatic N) is 3. The average Bonchev–Trinajstić information content (AvgIpc) is 3.25. The maximum absolute atomic E-state index is 12.8. The van der Waals surface area contributed by atoms with Crippen molar-refractivity contribution in [3.8, 4) is 17.2 Å². The number of likely N-dealkylation sites (tertiary alicyclic amines) is 1. The number of aromatic hydroxyl groups is 1. The van der Waals surface area contributed by atoms with E-state index in [2.05, 4.69) is 10.3 Å². The molecular weight excluding hydrogens is 404 g/mol. The Labute approximate surface area is 179 Å². The van der Waals surface area contributed by atoms with Crippen molar-refractivity contribution in [2.45, 2.75) is 32.4 Å². The van der Waals surface area contributed by atoms with Crippen molar-refractivity contribution in [2.75, 3.05) is 20.8 Å². The van der Waals surface area contributed by atoms with Crippen LogP contribution in [0, 0.1) is 0 Å². The Hall–Kier alpha value is -3.56. The molecule has 0 aliphatic carbocycles. The lowest BCUT2D eigenvalue weighted by molar-refractivity contribution is -0.129. The lowest BCUT2D eigenvalue weighted by Gasteiger charge is -2.24. The zero-order valence-corrected chi connectivity index (χ0v) is 18.0. The van der Waals surface area contributed by atoms with Gasteiger partial charge in [0, 0.05) is 32.6 Å². The van der Waals surface area contributed by atoms with Gasteiger partial charge in [-0.15, -0.1) is 0 Å². The number of carbonyl (C=O) groups is 2. The van der Waals surface area contributed by atoms with Crippen LogP contribution < -0.4 is 20.3 Å². The highest BCUT2D eigenvalue weighted by atomic mass is 16.5. The van der Waals surface area contributed by atoms with Gasteiger partial charge in [0.25, 0.3) is 11.5 Å². The molecule has 2 amide bonds. The molecule has 1 aliphatic heterocycles. The molecule has 0 saturated carbocycles. The van der Waals surface area contributed by atoms with Gasteiger partial charge < -0.3 is 24.8 Å². The first kappa shape index (κ1) is 22.1. The molecule has 1 aliphatic rings. The van der Waals surface area contributed by atoms with Crippen LogP contribution in [0.25, 0.3) is 0 Å². The second-order valence-corrected chi connectivity index (χ2v) is 7.24. The highest BCUT2D eigenvalue weighted by Gasteiger charge is 2.33. The molecule has 1 saturated heterocycles. The summed E-state index contributed by atoms with van der Waals surface area (Å²) in [6.07, 6.45) is 1.38. The molecule has 0 radical (unpaired) electrons. The molecule has 0 bridgehead atoms. The summed E-state index contributed by atoms with van der Waals surface area (Å²) in [7, 11) is 4.47. The number of methoxy groups -OCH3 is 2. The third kappa shape index (κ3) is 4.18. The fraction of sp³-hybridized carbons (Fsp3) is 0.429. The molecule has 2 heterocycles. The summed E-state index contributed by atoms with van der Waals surface area (Å²) in [5.74, 6) is -0.352. The average molecular weight is 430 g/mol. The molecule has 1 fully saturated rings. The molecule has 2 N–H and O–H groups in total. The largest absolute Gasteiger partial charge is 0.501 e. The normalized spacial score (nSPS) is 15.6. The lowest BCUT2D eigenvalue weighted by atomic mass is 10.1. The number of rotatable bonds is 6. The Morgan fingerprint density at radius 3 is 2.68 bits per heavy atom. The second kappa shape index (κ2) is 9.07. The summed E-state index contributed by atoms with van der Waals surface area (Å²) in [5, 5.41) is 12.9. The molecular formula is C21H26N4O6. The Morgan fingerprint density at radius 2 is 2.03 bits per heavy atom. The summed E-state index contributed by atoms with van der Waals surface area (Å²) < 4.78 is 11.8. The zero-order chi connectivity index (χ0) is 22.7. The van der Waals surface area contributed by atoms with E-state index in [0.29, 0.717) is 30.0 Å². The van der Waals surface area contributed by atoms with E-state index in [-0.39, 0.29) is 24.0 Å². The molecule has 2 aromatic rings. The van der Waals surface area contributed by atoms with Crippen molar-refractivity contribution >= 4 is 11.8 Å². The van der Waals surface area contributed by atoms with Crippen LogP contribution in [0.15, 0.2) is 23.0 Å². The highest BCUT2D eigenvalue weighted by Crippen LogP contribution is 2.32. The molecule has 0 spiro atoms. The lowest BCUT2D eigenvalue weighted by Crippen LogP contribution is -2.35. The van der Waals surface area contributed by atoms with Gasteiger partial charge in [-0.3, -0.25) is 19.0 Å². The summed E-state index contributed by atoms with van der Waals surface area (Å²) in [5.41, 5.74) is -0.475. The van der Waals surface area contributed by atoms with E-state index in [4.69, 9.17) is 9.47 Å². The number of aromatic nitrogens is 2. The standard InChI is InChI=1S/C21H26N4O6/c1-12(26)25-10-6-8-14(25)19-23-16(17(27)21(29)24(19)2)20(28)22-11-13-7-5-9-15(30-3)18(13)31-4/h5,7,9,14,27H,6,8,10-11H2,1-4H3,(H,22,28). The summed E-state index contributed by atoms with van der Waals surface area (Å²) in [4.78, 5) is 43.2. The minimum absolute atomic E-state index is 0.0634. The van der Waals surface area contributed by atoms with Crippen LogP contribution in [-0.2, 0) is 18.4 Å². The first-order valence-electron chi connectivity index (χ1n) is 9.85. The number of nitrogens with one attached hydrogen (secondary N) is 1. The number of benzene rings is 1. The number of para-hydroxylation sites is 1. The topological polar surface area (TPSA) is 123 Å². The van der Waals surface area contributed by atoms with E-state index < -0.39 is 23.3 Å². The van der Waals surface area contributed by atoms with Crippen LogP contribution in [0.1, 0.15) is 47.7 Å². The minimum Gasteiger partial charge on any atom is -0.501 e. The van der Waals surface area contributed by atoms with Gasteiger partial charge in [0.15, 0.2) is 17.2 Å². The smallest absolute Gasteiger partial charge is 0.296 e. The van der Waals surface area contributed by atoms with Crippen LogP contribution in [0.5, 0.6) is 17.2 Å². The van der Waals surface area contributed by atoms with Crippen molar-refractivity contribution in [3.63, 3.8) is 0 Å². The molecule has 31 heavy (non-hydrogen) atoms. The van der Waals surface area contributed by atoms with Crippen molar-refractivity contribution in [2.24, 2.45) is 7.05 Å². The van der Waals surface area contributed by atoms with Gasteiger partial charge in [0.2, 0.25) is 11.7 Å². The summed E-state index contributed by atoms with van der Waals surface area (Å²) >= 11 is 0. The molecule has 3 rings (SSSR count). The SMILES string of the molecule is COc1cccc(CNC(=O)c2nc(C3CCCN3C(C)=O)n(C)c(=O)c2O)c1OC. The van der Waals surface area contributed by atoms with Crippen LogP contribution in [-0.4, -0.2) is 52.1 Å². The fourth-order valence-corrected chi connectivity index (χ4v) is 3.83. The van der Waals surface area contributed by atoms with Crippen LogP contribution in [0.2, 0.25) is 0 Å². The van der Waals surface area contributed by atoms with E-state index >= 15 is 0 Å². The van der Waals surface area contributed by atoms with Gasteiger partial charge in [-0.25, -0.2) is 4.98 Å². The third-order valence-corrected chi connectivity index (χ3v) is 5.40. The minimum atomic E-state index is -0.746. The Morgan fingerprint density at radius 1 is 1.29 bits per heavy atom. The van der Waals surface area contributed by atoms with Crippen molar-refractivity contribution < 1.29 is 24.2 Å². The van der Waals surface area contributed by atoms with Gasteiger partial charge in [0.05, 0.1) is 20.3 Å². The van der Waals surface area contributed by atoms with Crippen molar-refractivity contribution in [1.82, 2.24) is 19.8 Å². The van der Waals surface area contributed by atoms with E-state index in [1.807, 2.05) is 0 Å². The molecule has 1 aromatic carbocycles. The summed E-state index contributed by atoms with van der Waals surface area (Å²) in [6, 6.07) is 4.81. The van der Waals surface area contributed by atoms with E-state index in [0.717, 1.165) is 6.42 Å². The zero-order valence-electron chi connectivity index (χ0n) is 18.0. The first-order chi connectivity index (χ1) is 14.8. The molecule has 1 atom stereocenters. The van der Waals surface area contributed by atoms with Crippen molar-refractivity contribution in [1.29, 1.82) is 0 Å². The van der Waals surface area contributed by atoms with E-state index in [1.54, 1.807) is 23.1 Å². The quantitative estimate of drug-likeness (QED) is 0.704. The van der Waals surface area contributed by atoms with Gasteiger partial charge >= 0.3 is 0 Å². The predicted octanol–water partition coefficient (Wildman–Crippen LogP) is 1.12. The predicted molar refractivity (Wildman–Crippen MR) is 111 cm³/mol. The maximum Gasteiger partial charge on any atom is 0.296 e. The Bertz CT molecular complexity index is 1060. The molecule has 10 nitrogen and oxygen atoms in total. The maximum atomic E-state index is 12.8. The third-order valence-electron chi connectivity index (χ3n) is 5.40. The fourth-order valence-electron chi connectivity index (χ4n) is 3.83. The second-order valence-electron chi connectivity index (χ2n) is 7.24. The van der Waals surface area contributed by atoms with E-state index in [9.17, 15) is 19.5 Å². The van der Waals surface area contributed by atoms with Gasteiger partial charge in [0.1, 0.15) is 5.82 Å². The van der Waals surface area contributed by atoms with Crippen LogP contribution in [0.3, 0.4) is 0 Å². The van der Waals surface area contributed by atoms with Gasteiger partial charge in [-0.1, -0.05) is 12.1 Å². The number of hydrogen-bond donors (Lipinski definition) is 2. The monoisotopic (exact) mass is 430 g/mol. The Balaban J connectivity index is 1.91. The van der Waals surface area contributed by atoms with Gasteiger partial charge in [-0.05, 0) is 18.9 Å². The Kier molecular flexibility index (Phi) is 6.47. The summed E-state index contributed by atoms with van der Waals surface area (Å²) in [6.45, 7) is 2.06. The van der Waals surface area contributed by atoms with Crippen LogP contribution >= 0.6 is 0 Å². The molecule has 1 aromatic heterocycles. The van der Waals surface area contributed by atoms with Crippen LogP contribution in [0.4, 0.5) is 0 Å². The van der Waals surface area contributed by atoms with Gasteiger partial charge in [-0.2, -0.15) is 0 Å².